The quantitative estimate of drug-likeness (QED) is 0.510. The van der Waals surface area contributed by atoms with Gasteiger partial charge in [-0.3, -0.25) is 9.59 Å². The van der Waals surface area contributed by atoms with Gasteiger partial charge < -0.3 is 15.2 Å². The number of aromatic nitrogens is 3. The topological polar surface area (TPSA) is 88.9 Å². The van der Waals surface area contributed by atoms with Crippen LogP contribution >= 0.6 is 23.4 Å². The van der Waals surface area contributed by atoms with Crippen LogP contribution in [0.4, 0.5) is 11.4 Å². The second-order valence-corrected chi connectivity index (χ2v) is 7.96. The highest BCUT2D eigenvalue weighted by molar-refractivity contribution is 7.99. The number of benzene rings is 2. The molecule has 3 rings (SSSR count). The summed E-state index contributed by atoms with van der Waals surface area (Å²) < 4.78 is 1.84. The lowest BCUT2D eigenvalue weighted by atomic mass is 10.2. The van der Waals surface area contributed by atoms with Crippen LogP contribution in [0.25, 0.3) is 0 Å². The first-order valence-corrected chi connectivity index (χ1v) is 10.8. The highest BCUT2D eigenvalue weighted by Gasteiger charge is 2.16. The molecule has 0 fully saturated rings. The predicted octanol–water partition coefficient (Wildman–Crippen LogP) is 4.17. The Bertz CT molecular complexity index is 1040. The van der Waals surface area contributed by atoms with Crippen LogP contribution in [-0.2, 0) is 22.6 Å². The second kappa shape index (κ2) is 10.3. The van der Waals surface area contributed by atoms with E-state index >= 15 is 0 Å². The molecular weight excluding hydrogens is 422 g/mol. The number of rotatable bonds is 8. The van der Waals surface area contributed by atoms with E-state index in [2.05, 4.69) is 20.8 Å². The lowest BCUT2D eigenvalue weighted by Gasteiger charge is -2.09. The lowest BCUT2D eigenvalue weighted by Crippen LogP contribution is -2.18. The molecule has 156 valence electrons. The van der Waals surface area contributed by atoms with E-state index in [1.165, 1.54) is 11.8 Å². The number of nitrogens with one attached hydrogen (secondary N) is 2. The summed E-state index contributed by atoms with van der Waals surface area (Å²) in [5, 5.41) is 15.1. The molecule has 0 atom stereocenters. The second-order valence-electron chi connectivity index (χ2n) is 6.58. The van der Waals surface area contributed by atoms with E-state index in [4.69, 9.17) is 11.6 Å². The van der Waals surface area contributed by atoms with Gasteiger partial charge in [0.05, 0.1) is 12.2 Å². The summed E-state index contributed by atoms with van der Waals surface area (Å²) in [5.74, 6) is 0.378. The van der Waals surface area contributed by atoms with E-state index in [-0.39, 0.29) is 24.0 Å². The minimum absolute atomic E-state index is 0.101. The van der Waals surface area contributed by atoms with Gasteiger partial charge in [0.25, 0.3) is 0 Å². The molecule has 1 aromatic heterocycles. The largest absolute Gasteiger partial charge is 0.326 e. The van der Waals surface area contributed by atoms with Crippen LogP contribution in [-0.4, -0.2) is 32.3 Å². The molecule has 0 unspecified atom stereocenters. The van der Waals surface area contributed by atoms with Gasteiger partial charge in [-0.1, -0.05) is 47.1 Å². The Balaban J connectivity index is 1.57. The zero-order valence-corrected chi connectivity index (χ0v) is 18.3. The number of carbonyl (C=O) groups excluding carboxylic acids is 2. The monoisotopic (exact) mass is 443 g/mol. The van der Waals surface area contributed by atoms with E-state index in [0.717, 1.165) is 11.3 Å². The first-order valence-electron chi connectivity index (χ1n) is 9.41. The van der Waals surface area contributed by atoms with Gasteiger partial charge in [0, 0.05) is 22.9 Å². The Morgan fingerprint density at radius 3 is 2.47 bits per heavy atom. The summed E-state index contributed by atoms with van der Waals surface area (Å²) >= 11 is 7.20. The van der Waals surface area contributed by atoms with Gasteiger partial charge in [-0.25, -0.2) is 0 Å². The van der Waals surface area contributed by atoms with Crippen molar-refractivity contribution in [3.63, 3.8) is 0 Å². The lowest BCUT2D eigenvalue weighted by molar-refractivity contribution is -0.116. The summed E-state index contributed by atoms with van der Waals surface area (Å²) in [6.45, 7) is 4.53. The van der Waals surface area contributed by atoms with Gasteiger partial charge in [0.1, 0.15) is 5.82 Å². The van der Waals surface area contributed by atoms with Gasteiger partial charge in [0.15, 0.2) is 5.16 Å². The van der Waals surface area contributed by atoms with Crippen LogP contribution < -0.4 is 10.6 Å². The summed E-state index contributed by atoms with van der Waals surface area (Å²) in [6, 6.07) is 14.6. The van der Waals surface area contributed by atoms with Crippen molar-refractivity contribution in [3.8, 4) is 0 Å². The number of hydrogen-bond donors (Lipinski definition) is 2. The Morgan fingerprint density at radius 1 is 1.03 bits per heavy atom. The van der Waals surface area contributed by atoms with Crippen molar-refractivity contribution >= 4 is 46.6 Å². The number of nitrogens with zero attached hydrogens (tertiary/aromatic N) is 3. The number of hydrogen-bond acceptors (Lipinski definition) is 5. The molecule has 1 heterocycles. The van der Waals surface area contributed by atoms with Crippen LogP contribution in [0.15, 0.2) is 53.7 Å². The number of anilines is 2. The van der Waals surface area contributed by atoms with Gasteiger partial charge in [0.2, 0.25) is 11.8 Å². The maximum Gasteiger partial charge on any atom is 0.234 e. The number of carbonyl (C=O) groups is 2. The molecule has 0 radical (unpaired) electrons. The van der Waals surface area contributed by atoms with E-state index in [9.17, 15) is 9.59 Å². The molecule has 0 bridgehead atoms. The molecule has 0 saturated carbocycles. The van der Waals surface area contributed by atoms with E-state index in [1.54, 1.807) is 24.3 Å². The summed E-state index contributed by atoms with van der Waals surface area (Å²) in [4.78, 5) is 24.6. The number of halogens is 1. The van der Waals surface area contributed by atoms with E-state index < -0.39 is 0 Å². The van der Waals surface area contributed by atoms with Gasteiger partial charge in [-0.15, -0.1) is 10.2 Å². The third-order valence-electron chi connectivity index (χ3n) is 4.20. The van der Waals surface area contributed by atoms with Crippen LogP contribution in [0.3, 0.4) is 0 Å². The zero-order chi connectivity index (χ0) is 21.5. The van der Waals surface area contributed by atoms with Crippen molar-refractivity contribution < 1.29 is 9.59 Å². The molecule has 0 aliphatic rings. The van der Waals surface area contributed by atoms with Gasteiger partial charge >= 0.3 is 0 Å². The Labute approximate surface area is 184 Å². The summed E-state index contributed by atoms with van der Waals surface area (Å²) in [7, 11) is 0. The molecule has 7 nitrogen and oxygen atoms in total. The molecule has 3 aromatic rings. The number of thioether (sulfide) groups is 1. The molecule has 0 spiro atoms. The van der Waals surface area contributed by atoms with Crippen molar-refractivity contribution in [1.29, 1.82) is 0 Å². The predicted molar refractivity (Wildman–Crippen MR) is 120 cm³/mol. The summed E-state index contributed by atoms with van der Waals surface area (Å²) in [5.41, 5.74) is 2.50. The molecule has 0 saturated heterocycles. The first kappa shape index (κ1) is 21.9. The van der Waals surface area contributed by atoms with Gasteiger partial charge in [-0.05, 0) is 44.2 Å². The fourth-order valence-electron chi connectivity index (χ4n) is 2.75. The molecular formula is C21H22ClN5O2S. The van der Waals surface area contributed by atoms with Crippen molar-refractivity contribution in [2.45, 2.75) is 32.0 Å². The fraction of sp³-hybridized carbons (Fsp3) is 0.238. The average molecular weight is 444 g/mol. The third-order valence-corrected chi connectivity index (χ3v) is 5.41. The Hall–Kier alpha value is -2.84. The smallest absolute Gasteiger partial charge is 0.234 e. The zero-order valence-electron chi connectivity index (χ0n) is 16.7. The molecule has 2 N–H and O–H groups in total. The first-order chi connectivity index (χ1) is 14.4. The Morgan fingerprint density at radius 2 is 1.77 bits per heavy atom. The number of amides is 2. The van der Waals surface area contributed by atoms with Crippen molar-refractivity contribution in [1.82, 2.24) is 14.8 Å². The SMILES string of the molecule is CCn1c(CC(=O)Nc2ccc(C)cc2)nnc1SCC(=O)Nc1cccc(Cl)c1. The standard InChI is InChI=1S/C21H22ClN5O2S/c1-3-27-18(12-19(28)23-16-9-7-14(2)8-10-16)25-26-21(27)30-13-20(29)24-17-6-4-5-15(22)11-17/h4-11H,3,12-13H2,1-2H3,(H,23,28)(H,24,29). The van der Waals surface area contributed by atoms with Crippen LogP contribution in [0.1, 0.15) is 18.3 Å². The maximum absolute atomic E-state index is 12.4. The molecule has 0 aliphatic heterocycles. The number of aryl methyl sites for hydroxylation is 1. The van der Waals surface area contributed by atoms with E-state index in [0.29, 0.717) is 28.2 Å². The molecule has 0 aliphatic carbocycles. The fourth-order valence-corrected chi connectivity index (χ4v) is 3.76. The van der Waals surface area contributed by atoms with Gasteiger partial charge in [-0.2, -0.15) is 0 Å². The highest BCUT2D eigenvalue weighted by Crippen LogP contribution is 2.19. The molecule has 30 heavy (non-hydrogen) atoms. The third kappa shape index (κ3) is 6.08. The van der Waals surface area contributed by atoms with Crippen molar-refractivity contribution in [3.05, 3.63) is 64.9 Å². The minimum Gasteiger partial charge on any atom is -0.326 e. The average Bonchev–Trinajstić information content (AvgIpc) is 3.09. The minimum atomic E-state index is -0.174. The van der Waals surface area contributed by atoms with E-state index in [1.807, 2.05) is 42.7 Å². The maximum atomic E-state index is 12.4. The van der Waals surface area contributed by atoms with Crippen molar-refractivity contribution in [2.24, 2.45) is 0 Å². The normalized spacial score (nSPS) is 10.6. The molecule has 9 heteroatoms. The molecule has 2 amide bonds. The molecule has 2 aromatic carbocycles. The van der Waals surface area contributed by atoms with Crippen LogP contribution in [0, 0.1) is 6.92 Å². The van der Waals surface area contributed by atoms with Crippen LogP contribution in [0.2, 0.25) is 5.02 Å². The Kier molecular flexibility index (Phi) is 7.48. The van der Waals surface area contributed by atoms with Crippen molar-refractivity contribution in [2.75, 3.05) is 16.4 Å². The summed E-state index contributed by atoms with van der Waals surface area (Å²) in [6.07, 6.45) is 0.101. The van der Waals surface area contributed by atoms with Crippen LogP contribution in [0.5, 0.6) is 0 Å². The highest BCUT2D eigenvalue weighted by atomic mass is 35.5.